The van der Waals surface area contributed by atoms with Crippen LogP contribution >= 0.6 is 0 Å². The van der Waals surface area contributed by atoms with Gasteiger partial charge >= 0.3 is 0 Å². The lowest BCUT2D eigenvalue weighted by Gasteiger charge is -2.30. The van der Waals surface area contributed by atoms with Gasteiger partial charge in [0.1, 0.15) is 6.23 Å². The fourth-order valence-corrected chi connectivity index (χ4v) is 2.40. The summed E-state index contributed by atoms with van der Waals surface area (Å²) >= 11 is 0. The molecule has 2 aliphatic rings. The van der Waals surface area contributed by atoms with Crippen LogP contribution in [-0.2, 0) is 4.74 Å². The molecule has 1 aliphatic carbocycles. The first-order valence-corrected chi connectivity index (χ1v) is 5.83. The largest absolute Gasteiger partial charge is 0.363 e. The molecule has 2 rings (SSSR count). The Hall–Kier alpha value is -0.0800. The Morgan fingerprint density at radius 2 is 1.62 bits per heavy atom. The second kappa shape index (κ2) is 4.97. The SMILES string of the molecule is C1CCC(N[C@@H]2CCCCO2)CC1. The van der Waals surface area contributed by atoms with Crippen LogP contribution < -0.4 is 5.32 Å². The van der Waals surface area contributed by atoms with Gasteiger partial charge in [0, 0.05) is 12.6 Å². The standard InChI is InChI=1S/C11H21NO/c1-2-6-10(7-3-1)12-11-8-4-5-9-13-11/h10-12H,1-9H2/t11-/m0/s1. The van der Waals surface area contributed by atoms with Gasteiger partial charge in [0.15, 0.2) is 0 Å². The van der Waals surface area contributed by atoms with Crippen LogP contribution in [0, 0.1) is 0 Å². The molecule has 13 heavy (non-hydrogen) atoms. The zero-order valence-corrected chi connectivity index (χ0v) is 8.43. The van der Waals surface area contributed by atoms with Crippen LogP contribution in [0.15, 0.2) is 0 Å². The predicted molar refractivity (Wildman–Crippen MR) is 53.6 cm³/mol. The van der Waals surface area contributed by atoms with Gasteiger partial charge in [0.2, 0.25) is 0 Å². The lowest BCUT2D eigenvalue weighted by atomic mass is 9.95. The highest BCUT2D eigenvalue weighted by atomic mass is 16.5. The molecule has 0 aromatic heterocycles. The van der Waals surface area contributed by atoms with Crippen LogP contribution in [-0.4, -0.2) is 18.9 Å². The highest BCUT2D eigenvalue weighted by Crippen LogP contribution is 2.19. The summed E-state index contributed by atoms with van der Waals surface area (Å²) in [4.78, 5) is 0. The molecule has 0 aromatic carbocycles. The highest BCUT2D eigenvalue weighted by Gasteiger charge is 2.19. The molecule has 0 spiro atoms. The van der Waals surface area contributed by atoms with Crippen LogP contribution in [0.5, 0.6) is 0 Å². The van der Waals surface area contributed by atoms with Gasteiger partial charge in [-0.1, -0.05) is 19.3 Å². The van der Waals surface area contributed by atoms with E-state index in [2.05, 4.69) is 5.32 Å². The van der Waals surface area contributed by atoms with Gasteiger partial charge in [-0.05, 0) is 32.1 Å². The van der Waals surface area contributed by atoms with Gasteiger partial charge < -0.3 is 4.74 Å². The van der Waals surface area contributed by atoms with E-state index in [1.165, 1.54) is 51.4 Å². The Labute approximate surface area is 81.0 Å². The third kappa shape index (κ3) is 2.96. The Kier molecular flexibility index (Phi) is 3.62. The van der Waals surface area contributed by atoms with Crippen molar-refractivity contribution in [3.63, 3.8) is 0 Å². The molecule has 0 aromatic rings. The van der Waals surface area contributed by atoms with Crippen LogP contribution in [0.25, 0.3) is 0 Å². The number of nitrogens with one attached hydrogen (secondary N) is 1. The number of hydrogen-bond acceptors (Lipinski definition) is 2. The van der Waals surface area contributed by atoms with Gasteiger partial charge in [-0.15, -0.1) is 0 Å². The van der Waals surface area contributed by atoms with E-state index in [4.69, 9.17) is 4.74 Å². The quantitative estimate of drug-likeness (QED) is 0.710. The topological polar surface area (TPSA) is 21.3 Å². The molecule has 0 unspecified atom stereocenters. The molecular weight excluding hydrogens is 162 g/mol. The summed E-state index contributed by atoms with van der Waals surface area (Å²) in [6.07, 6.45) is 11.2. The third-order valence-corrected chi connectivity index (χ3v) is 3.21. The fraction of sp³-hybridized carbons (Fsp3) is 1.00. The van der Waals surface area contributed by atoms with Gasteiger partial charge in [0.05, 0.1) is 0 Å². The summed E-state index contributed by atoms with van der Waals surface area (Å²) in [5, 5.41) is 3.64. The van der Waals surface area contributed by atoms with Crippen molar-refractivity contribution in [2.45, 2.75) is 63.6 Å². The molecule has 2 fully saturated rings. The molecule has 0 amide bonds. The Balaban J connectivity index is 1.69. The maximum Gasteiger partial charge on any atom is 0.108 e. The number of ether oxygens (including phenoxy) is 1. The molecular formula is C11H21NO. The number of rotatable bonds is 2. The van der Waals surface area contributed by atoms with Gasteiger partial charge in [-0.2, -0.15) is 0 Å². The minimum atomic E-state index is 0.372. The zero-order chi connectivity index (χ0) is 8.93. The lowest BCUT2D eigenvalue weighted by molar-refractivity contribution is -0.0150. The molecule has 76 valence electrons. The van der Waals surface area contributed by atoms with Crippen molar-refractivity contribution in [1.29, 1.82) is 0 Å². The fourth-order valence-electron chi connectivity index (χ4n) is 2.40. The summed E-state index contributed by atoms with van der Waals surface area (Å²) in [5.41, 5.74) is 0. The third-order valence-electron chi connectivity index (χ3n) is 3.21. The summed E-state index contributed by atoms with van der Waals surface area (Å²) in [6.45, 7) is 0.963. The first-order valence-electron chi connectivity index (χ1n) is 5.83. The predicted octanol–water partition coefficient (Wildman–Crippen LogP) is 2.44. The maximum atomic E-state index is 5.67. The first-order chi connectivity index (χ1) is 6.45. The maximum absolute atomic E-state index is 5.67. The van der Waals surface area contributed by atoms with Crippen molar-refractivity contribution < 1.29 is 4.74 Å². The first kappa shape index (κ1) is 9.47. The average Bonchev–Trinajstić information content (AvgIpc) is 2.21. The molecule has 1 saturated carbocycles. The number of hydrogen-bond donors (Lipinski definition) is 1. The Morgan fingerprint density at radius 3 is 2.31 bits per heavy atom. The van der Waals surface area contributed by atoms with Crippen LogP contribution in [0.3, 0.4) is 0 Å². The zero-order valence-electron chi connectivity index (χ0n) is 8.43. The molecule has 1 atom stereocenters. The van der Waals surface area contributed by atoms with E-state index in [0.717, 1.165) is 12.6 Å². The van der Waals surface area contributed by atoms with Crippen molar-refractivity contribution in [2.24, 2.45) is 0 Å². The summed E-state index contributed by atoms with van der Waals surface area (Å²) < 4.78 is 5.67. The molecule has 2 nitrogen and oxygen atoms in total. The smallest absolute Gasteiger partial charge is 0.108 e. The molecule has 1 saturated heterocycles. The van der Waals surface area contributed by atoms with Crippen LogP contribution in [0.2, 0.25) is 0 Å². The molecule has 0 bridgehead atoms. The van der Waals surface area contributed by atoms with E-state index < -0.39 is 0 Å². The van der Waals surface area contributed by atoms with E-state index in [-0.39, 0.29) is 0 Å². The van der Waals surface area contributed by atoms with Gasteiger partial charge in [-0.3, -0.25) is 5.32 Å². The Morgan fingerprint density at radius 1 is 0.846 bits per heavy atom. The van der Waals surface area contributed by atoms with E-state index in [1.807, 2.05) is 0 Å². The second-order valence-corrected chi connectivity index (χ2v) is 4.36. The van der Waals surface area contributed by atoms with E-state index in [9.17, 15) is 0 Å². The molecule has 2 heteroatoms. The summed E-state index contributed by atoms with van der Waals surface area (Å²) in [7, 11) is 0. The van der Waals surface area contributed by atoms with E-state index >= 15 is 0 Å². The van der Waals surface area contributed by atoms with Gasteiger partial charge in [-0.25, -0.2) is 0 Å². The molecule has 0 radical (unpaired) electrons. The Bertz CT molecular complexity index is 121. The second-order valence-electron chi connectivity index (χ2n) is 4.36. The van der Waals surface area contributed by atoms with E-state index in [1.54, 1.807) is 0 Å². The minimum absolute atomic E-state index is 0.372. The molecule has 1 N–H and O–H groups in total. The van der Waals surface area contributed by atoms with Crippen LogP contribution in [0.1, 0.15) is 51.4 Å². The van der Waals surface area contributed by atoms with Crippen molar-refractivity contribution >= 4 is 0 Å². The minimum Gasteiger partial charge on any atom is -0.363 e. The highest BCUT2D eigenvalue weighted by molar-refractivity contribution is 4.74. The summed E-state index contributed by atoms with van der Waals surface area (Å²) in [5.74, 6) is 0. The average molecular weight is 183 g/mol. The summed E-state index contributed by atoms with van der Waals surface area (Å²) in [6, 6.07) is 0.747. The molecule has 1 heterocycles. The van der Waals surface area contributed by atoms with E-state index in [0.29, 0.717) is 6.23 Å². The van der Waals surface area contributed by atoms with Crippen molar-refractivity contribution in [3.8, 4) is 0 Å². The van der Waals surface area contributed by atoms with Crippen molar-refractivity contribution in [2.75, 3.05) is 6.61 Å². The van der Waals surface area contributed by atoms with Gasteiger partial charge in [0.25, 0.3) is 0 Å². The monoisotopic (exact) mass is 183 g/mol. The van der Waals surface area contributed by atoms with Crippen molar-refractivity contribution in [1.82, 2.24) is 5.32 Å². The van der Waals surface area contributed by atoms with Crippen LogP contribution in [0.4, 0.5) is 0 Å². The normalized spacial score (nSPS) is 31.8. The van der Waals surface area contributed by atoms with Crippen molar-refractivity contribution in [3.05, 3.63) is 0 Å². The molecule has 1 aliphatic heterocycles. The lowest BCUT2D eigenvalue weighted by Crippen LogP contribution is -2.42.